The number of ketones is 1. The number of pyridine rings is 1. The smallest absolute Gasteiger partial charge is 0.263 e. The van der Waals surface area contributed by atoms with E-state index in [0.29, 0.717) is 23.7 Å². The molecule has 1 aliphatic rings. The van der Waals surface area contributed by atoms with E-state index in [1.807, 2.05) is 26.0 Å². The van der Waals surface area contributed by atoms with Crippen molar-refractivity contribution < 1.29 is 17.9 Å². The largest absolute Gasteiger partial charge is 0.490 e. The summed E-state index contributed by atoms with van der Waals surface area (Å²) in [7, 11) is 5.28. The van der Waals surface area contributed by atoms with E-state index in [1.165, 1.54) is 35.2 Å². The molecule has 11 heteroatoms. The molecule has 1 aliphatic heterocycles. The van der Waals surface area contributed by atoms with Gasteiger partial charge in [0.25, 0.3) is 10.0 Å². The van der Waals surface area contributed by atoms with Gasteiger partial charge in [-0.2, -0.15) is 0 Å². The maximum atomic E-state index is 12.7. The highest BCUT2D eigenvalue weighted by Gasteiger charge is 2.21. The standard InChI is InChI=1S/C20H26N4O4S3/c1-23(2)9-11-29-30-14-18(25)15-4-7-20(21-13-15)22-31(26,27)16-5-6-17-19(12-16)28-10-8-24(17)3/h4-7,12-13H,8-11,14H2,1-3H3,(H,21,22). The van der Waals surface area contributed by atoms with Crippen LogP contribution >= 0.6 is 21.6 Å². The Morgan fingerprint density at radius 1 is 1.26 bits per heavy atom. The maximum absolute atomic E-state index is 12.7. The van der Waals surface area contributed by atoms with E-state index in [-0.39, 0.29) is 16.5 Å². The van der Waals surface area contributed by atoms with Crippen molar-refractivity contribution in [3.63, 3.8) is 0 Å². The Bertz CT molecular complexity index is 1010. The molecular formula is C20H26N4O4S3. The topological polar surface area (TPSA) is 91.8 Å². The van der Waals surface area contributed by atoms with Crippen LogP contribution in [-0.2, 0) is 10.0 Å². The van der Waals surface area contributed by atoms with E-state index >= 15 is 0 Å². The molecule has 0 unspecified atom stereocenters. The summed E-state index contributed by atoms with van der Waals surface area (Å²) in [5.41, 5.74) is 1.30. The molecular weight excluding hydrogens is 456 g/mol. The van der Waals surface area contributed by atoms with Gasteiger partial charge in [0.15, 0.2) is 5.78 Å². The number of fused-ring (bicyclic) bond motifs is 1. The third-order valence-corrected chi connectivity index (χ3v) is 8.16. The van der Waals surface area contributed by atoms with E-state index in [9.17, 15) is 13.2 Å². The summed E-state index contributed by atoms with van der Waals surface area (Å²) in [6.45, 7) is 2.21. The summed E-state index contributed by atoms with van der Waals surface area (Å²) in [6, 6.07) is 7.86. The number of likely N-dealkylation sites (N-methyl/N-ethyl adjacent to an activating group) is 1. The predicted molar refractivity (Wildman–Crippen MR) is 128 cm³/mol. The summed E-state index contributed by atoms with van der Waals surface area (Å²) in [5.74, 6) is 1.93. The predicted octanol–water partition coefficient (Wildman–Crippen LogP) is 2.84. The highest BCUT2D eigenvalue weighted by atomic mass is 33.1. The Kier molecular flexibility index (Phi) is 8.09. The first-order valence-corrected chi connectivity index (χ1v) is 13.6. The normalized spacial score (nSPS) is 13.6. The number of aromatic nitrogens is 1. The van der Waals surface area contributed by atoms with E-state index < -0.39 is 10.0 Å². The van der Waals surface area contributed by atoms with E-state index in [4.69, 9.17) is 4.74 Å². The molecule has 0 amide bonds. The number of sulfonamides is 1. The summed E-state index contributed by atoms with van der Waals surface area (Å²) in [4.78, 5) is 20.6. The van der Waals surface area contributed by atoms with Gasteiger partial charge in [-0.05, 0) is 38.4 Å². The molecule has 1 aromatic heterocycles. The number of carbonyl (C=O) groups excluding carboxylic acids is 1. The van der Waals surface area contributed by atoms with Crippen molar-refractivity contribution in [2.75, 3.05) is 62.0 Å². The van der Waals surface area contributed by atoms with Crippen LogP contribution in [0.4, 0.5) is 11.5 Å². The minimum Gasteiger partial charge on any atom is -0.490 e. The van der Waals surface area contributed by atoms with E-state index in [2.05, 4.69) is 14.6 Å². The number of hydrogen-bond donors (Lipinski definition) is 1. The Morgan fingerprint density at radius 2 is 2.06 bits per heavy atom. The van der Waals surface area contributed by atoms with Crippen LogP contribution in [-0.4, -0.2) is 76.4 Å². The summed E-state index contributed by atoms with van der Waals surface area (Å²) in [6.07, 6.45) is 1.40. The summed E-state index contributed by atoms with van der Waals surface area (Å²) >= 11 is 0. The number of hydrogen-bond acceptors (Lipinski definition) is 9. The fraction of sp³-hybridized carbons (Fsp3) is 0.400. The van der Waals surface area contributed by atoms with Crippen LogP contribution in [0.15, 0.2) is 41.4 Å². The average molecular weight is 483 g/mol. The van der Waals surface area contributed by atoms with Gasteiger partial charge in [0.05, 0.1) is 22.9 Å². The van der Waals surface area contributed by atoms with Crippen molar-refractivity contribution in [1.82, 2.24) is 9.88 Å². The van der Waals surface area contributed by atoms with Crippen molar-refractivity contribution in [2.45, 2.75) is 4.90 Å². The molecule has 31 heavy (non-hydrogen) atoms. The number of benzene rings is 1. The Balaban J connectivity index is 1.59. The third-order valence-electron chi connectivity index (χ3n) is 4.56. The number of carbonyl (C=O) groups is 1. The van der Waals surface area contributed by atoms with Gasteiger partial charge in [0.2, 0.25) is 0 Å². The first-order valence-electron chi connectivity index (χ1n) is 9.65. The molecule has 1 N–H and O–H groups in total. The number of Topliss-reactive ketones (excluding diaryl/α,β-unsaturated/α-hetero) is 1. The van der Waals surface area contributed by atoms with Gasteiger partial charge in [0.1, 0.15) is 18.2 Å². The van der Waals surface area contributed by atoms with Crippen LogP contribution < -0.4 is 14.4 Å². The van der Waals surface area contributed by atoms with Crippen molar-refractivity contribution in [1.29, 1.82) is 0 Å². The number of ether oxygens (including phenoxy) is 1. The second-order valence-corrected chi connectivity index (χ2v) is 11.5. The SMILES string of the molecule is CN(C)CCSSCC(=O)c1ccc(NS(=O)(=O)c2ccc3c(c2)OCCN3C)nc1. The lowest BCUT2D eigenvalue weighted by atomic mass is 10.2. The molecule has 8 nitrogen and oxygen atoms in total. The molecule has 2 heterocycles. The molecule has 0 aliphatic carbocycles. The molecule has 0 saturated heterocycles. The fourth-order valence-electron chi connectivity index (χ4n) is 2.78. The van der Waals surface area contributed by atoms with Crippen LogP contribution in [0, 0.1) is 0 Å². The van der Waals surface area contributed by atoms with Crippen LogP contribution in [0.1, 0.15) is 10.4 Å². The van der Waals surface area contributed by atoms with Gasteiger partial charge in [-0.15, -0.1) is 0 Å². The summed E-state index contributed by atoms with van der Waals surface area (Å²) < 4.78 is 33.5. The zero-order valence-electron chi connectivity index (χ0n) is 17.7. The molecule has 0 atom stereocenters. The first kappa shape index (κ1) is 23.7. The van der Waals surface area contributed by atoms with Gasteiger partial charge >= 0.3 is 0 Å². The monoisotopic (exact) mass is 482 g/mol. The van der Waals surface area contributed by atoms with Crippen LogP contribution in [0.3, 0.4) is 0 Å². The molecule has 0 bridgehead atoms. The second-order valence-electron chi connectivity index (χ2n) is 7.25. The molecule has 0 fully saturated rings. The zero-order valence-corrected chi connectivity index (χ0v) is 20.1. The van der Waals surface area contributed by atoms with Crippen LogP contribution in [0.25, 0.3) is 0 Å². The Morgan fingerprint density at radius 3 is 2.77 bits per heavy atom. The average Bonchev–Trinajstić information content (AvgIpc) is 2.73. The van der Waals surface area contributed by atoms with Crippen LogP contribution in [0.5, 0.6) is 5.75 Å². The molecule has 0 saturated carbocycles. The number of anilines is 2. The Labute approximate surface area is 191 Å². The summed E-state index contributed by atoms with van der Waals surface area (Å²) in [5, 5.41) is 0. The molecule has 2 aromatic rings. The van der Waals surface area contributed by atoms with Gasteiger partial charge in [0, 0.05) is 37.2 Å². The minimum absolute atomic E-state index is 0.0415. The lowest BCUT2D eigenvalue weighted by molar-refractivity contribution is 0.102. The minimum atomic E-state index is -3.83. The lowest BCUT2D eigenvalue weighted by Gasteiger charge is -2.27. The molecule has 3 rings (SSSR count). The number of nitrogens with one attached hydrogen (secondary N) is 1. The first-order chi connectivity index (χ1) is 14.8. The Hall–Kier alpha value is -1.95. The molecule has 0 spiro atoms. The zero-order chi connectivity index (χ0) is 22.4. The third kappa shape index (κ3) is 6.52. The van der Waals surface area contributed by atoms with Gasteiger partial charge in [-0.1, -0.05) is 21.6 Å². The molecule has 0 radical (unpaired) electrons. The van der Waals surface area contributed by atoms with E-state index in [0.717, 1.165) is 24.5 Å². The van der Waals surface area contributed by atoms with Gasteiger partial charge in [-0.3, -0.25) is 9.52 Å². The fourth-order valence-corrected chi connectivity index (χ4v) is 5.86. The van der Waals surface area contributed by atoms with Crippen LogP contribution in [0.2, 0.25) is 0 Å². The van der Waals surface area contributed by atoms with Gasteiger partial charge in [-0.25, -0.2) is 13.4 Å². The highest BCUT2D eigenvalue weighted by Crippen LogP contribution is 2.33. The molecule has 1 aromatic carbocycles. The van der Waals surface area contributed by atoms with Gasteiger partial charge < -0.3 is 14.5 Å². The van der Waals surface area contributed by atoms with Crippen molar-refractivity contribution in [2.24, 2.45) is 0 Å². The quantitative estimate of drug-likeness (QED) is 0.312. The lowest BCUT2D eigenvalue weighted by Crippen LogP contribution is -2.29. The number of nitrogens with zero attached hydrogens (tertiary/aromatic N) is 3. The second kappa shape index (κ2) is 10.6. The van der Waals surface area contributed by atoms with Crippen molar-refractivity contribution in [3.8, 4) is 5.75 Å². The highest BCUT2D eigenvalue weighted by molar-refractivity contribution is 8.76. The van der Waals surface area contributed by atoms with E-state index in [1.54, 1.807) is 22.9 Å². The number of rotatable bonds is 10. The maximum Gasteiger partial charge on any atom is 0.263 e. The van der Waals surface area contributed by atoms with Crippen molar-refractivity contribution in [3.05, 3.63) is 42.1 Å². The molecule has 168 valence electrons. The van der Waals surface area contributed by atoms with Crippen molar-refractivity contribution >= 4 is 48.9 Å².